The lowest BCUT2D eigenvalue weighted by Gasteiger charge is -2.31. The number of nitrogens with one attached hydrogen (secondary N) is 1. The van der Waals surface area contributed by atoms with Crippen LogP contribution in [0.4, 0.5) is 4.39 Å². The molecule has 8 nitrogen and oxygen atoms in total. The largest absolute Gasteiger partial charge is 0.349 e. The number of aromatic amines is 1. The van der Waals surface area contributed by atoms with E-state index < -0.39 is 5.82 Å². The van der Waals surface area contributed by atoms with Gasteiger partial charge in [-0.1, -0.05) is 0 Å². The summed E-state index contributed by atoms with van der Waals surface area (Å²) < 4.78 is 16.0. The van der Waals surface area contributed by atoms with Crippen LogP contribution in [-0.2, 0) is 6.42 Å². The minimum atomic E-state index is -0.565. The molecule has 3 aromatic rings. The van der Waals surface area contributed by atoms with Crippen molar-refractivity contribution in [2.45, 2.75) is 26.2 Å². The summed E-state index contributed by atoms with van der Waals surface area (Å²) in [4.78, 5) is 21.8. The quantitative estimate of drug-likeness (QED) is 0.759. The minimum Gasteiger partial charge on any atom is -0.349 e. The van der Waals surface area contributed by atoms with Gasteiger partial charge in [0.1, 0.15) is 11.6 Å². The molecule has 0 unspecified atom stereocenters. The van der Waals surface area contributed by atoms with E-state index in [9.17, 15) is 9.18 Å². The Kier molecular flexibility index (Phi) is 4.66. The number of hydrogen-bond acceptors (Lipinski definition) is 5. The Bertz CT molecular complexity index is 929. The molecule has 1 fully saturated rings. The van der Waals surface area contributed by atoms with E-state index in [1.807, 2.05) is 6.20 Å². The van der Waals surface area contributed by atoms with Crippen LogP contribution in [0.3, 0.4) is 0 Å². The van der Waals surface area contributed by atoms with E-state index in [0.717, 1.165) is 25.1 Å². The zero-order chi connectivity index (χ0) is 18.8. The van der Waals surface area contributed by atoms with Crippen molar-refractivity contribution >= 4 is 5.91 Å². The molecule has 0 spiro atoms. The van der Waals surface area contributed by atoms with E-state index in [1.54, 1.807) is 24.1 Å². The molecular formula is C18H20FN7O. The van der Waals surface area contributed by atoms with Crippen LogP contribution in [-0.4, -0.2) is 54.1 Å². The normalized spacial score (nSPS) is 15.3. The average Bonchev–Trinajstić information content (AvgIpc) is 3.33. The number of tetrazole rings is 1. The fourth-order valence-electron chi connectivity index (χ4n) is 3.47. The van der Waals surface area contributed by atoms with E-state index in [4.69, 9.17) is 0 Å². The highest BCUT2D eigenvalue weighted by molar-refractivity contribution is 5.94. The fraction of sp³-hybridized carbons (Fsp3) is 0.389. The van der Waals surface area contributed by atoms with E-state index >= 15 is 0 Å². The van der Waals surface area contributed by atoms with Gasteiger partial charge in [-0.15, -0.1) is 5.10 Å². The summed E-state index contributed by atoms with van der Waals surface area (Å²) in [6.07, 6.45) is 6.21. The third kappa shape index (κ3) is 3.57. The van der Waals surface area contributed by atoms with Gasteiger partial charge in [-0.05, 0) is 48.2 Å². The third-order valence-electron chi connectivity index (χ3n) is 4.99. The van der Waals surface area contributed by atoms with Gasteiger partial charge in [0, 0.05) is 38.0 Å². The monoisotopic (exact) mass is 369 g/mol. The highest BCUT2D eigenvalue weighted by Crippen LogP contribution is 2.23. The van der Waals surface area contributed by atoms with Gasteiger partial charge < -0.3 is 9.88 Å². The Labute approximate surface area is 155 Å². The van der Waals surface area contributed by atoms with Crippen molar-refractivity contribution in [3.63, 3.8) is 0 Å². The van der Waals surface area contributed by atoms with Crippen LogP contribution in [0.15, 0.2) is 30.6 Å². The Morgan fingerprint density at radius 2 is 2.15 bits per heavy atom. The number of H-pyrrole nitrogens is 1. The van der Waals surface area contributed by atoms with E-state index in [-0.39, 0.29) is 11.5 Å². The molecule has 140 valence electrons. The molecule has 1 amide bonds. The first kappa shape index (κ1) is 17.3. The molecule has 2 aromatic heterocycles. The number of aryl methyl sites for hydroxylation is 1. The molecule has 9 heteroatoms. The first-order valence-corrected chi connectivity index (χ1v) is 8.94. The van der Waals surface area contributed by atoms with Crippen molar-refractivity contribution < 1.29 is 9.18 Å². The number of benzene rings is 1. The second-order valence-corrected chi connectivity index (χ2v) is 6.78. The summed E-state index contributed by atoms with van der Waals surface area (Å²) in [6, 6.07) is 4.45. The summed E-state index contributed by atoms with van der Waals surface area (Å²) in [5.41, 5.74) is 0.567. The van der Waals surface area contributed by atoms with Gasteiger partial charge in [0.2, 0.25) is 0 Å². The predicted molar refractivity (Wildman–Crippen MR) is 94.8 cm³/mol. The highest BCUT2D eigenvalue weighted by Gasteiger charge is 2.26. The molecule has 4 rings (SSSR count). The van der Waals surface area contributed by atoms with Crippen molar-refractivity contribution in [2.75, 3.05) is 13.1 Å². The smallest absolute Gasteiger partial charge is 0.256 e. The third-order valence-corrected chi connectivity index (χ3v) is 4.99. The number of amides is 1. The molecule has 3 heterocycles. The van der Waals surface area contributed by atoms with Gasteiger partial charge in [0.25, 0.3) is 5.91 Å². The summed E-state index contributed by atoms with van der Waals surface area (Å²) in [6.45, 7) is 2.97. The van der Waals surface area contributed by atoms with Gasteiger partial charge in [-0.25, -0.2) is 9.37 Å². The second-order valence-electron chi connectivity index (χ2n) is 6.78. The predicted octanol–water partition coefficient (Wildman–Crippen LogP) is 1.93. The van der Waals surface area contributed by atoms with Gasteiger partial charge >= 0.3 is 0 Å². The molecule has 1 aliphatic rings. The SMILES string of the molecule is Cc1nnnn1-c1ccc(C(=O)N2CCC(Cc3ncc[nH]3)CC2)c(F)c1. The lowest BCUT2D eigenvalue weighted by molar-refractivity contribution is 0.0685. The first-order chi connectivity index (χ1) is 13.1. The first-order valence-electron chi connectivity index (χ1n) is 8.94. The Morgan fingerprint density at radius 3 is 2.78 bits per heavy atom. The van der Waals surface area contributed by atoms with E-state index in [1.165, 1.54) is 16.8 Å². The van der Waals surface area contributed by atoms with Crippen LogP contribution in [0.2, 0.25) is 0 Å². The fourth-order valence-corrected chi connectivity index (χ4v) is 3.47. The molecule has 0 radical (unpaired) electrons. The van der Waals surface area contributed by atoms with Gasteiger partial charge in [0.05, 0.1) is 11.3 Å². The van der Waals surface area contributed by atoms with Gasteiger partial charge in [-0.2, -0.15) is 4.68 Å². The molecule has 1 aliphatic heterocycles. The number of halogens is 1. The maximum absolute atomic E-state index is 14.6. The molecule has 0 aliphatic carbocycles. The number of imidazole rings is 1. The van der Waals surface area contributed by atoms with E-state index in [0.29, 0.717) is 30.5 Å². The number of carbonyl (C=O) groups is 1. The van der Waals surface area contributed by atoms with Crippen LogP contribution in [0.1, 0.15) is 34.8 Å². The maximum atomic E-state index is 14.6. The zero-order valence-corrected chi connectivity index (χ0v) is 15.0. The summed E-state index contributed by atoms with van der Waals surface area (Å²) >= 11 is 0. The Hall–Kier alpha value is -3.10. The molecule has 0 bridgehead atoms. The Balaban J connectivity index is 1.42. The van der Waals surface area contributed by atoms with Gasteiger partial charge in [-0.3, -0.25) is 4.79 Å². The number of piperidine rings is 1. The maximum Gasteiger partial charge on any atom is 0.256 e. The molecule has 0 saturated carbocycles. The minimum absolute atomic E-state index is 0.0777. The molecular weight excluding hydrogens is 349 g/mol. The summed E-state index contributed by atoms with van der Waals surface area (Å²) in [7, 11) is 0. The van der Waals surface area contributed by atoms with Crippen molar-refractivity contribution in [3.8, 4) is 5.69 Å². The lowest BCUT2D eigenvalue weighted by Crippen LogP contribution is -2.39. The van der Waals surface area contributed by atoms with Crippen molar-refractivity contribution in [1.29, 1.82) is 0 Å². The highest BCUT2D eigenvalue weighted by atomic mass is 19.1. The number of rotatable bonds is 4. The van der Waals surface area contributed by atoms with Crippen molar-refractivity contribution in [3.05, 3.63) is 53.6 Å². The number of hydrogen-bond donors (Lipinski definition) is 1. The van der Waals surface area contributed by atoms with Crippen LogP contribution >= 0.6 is 0 Å². The standard InChI is InChI=1S/C18H20FN7O/c1-12-22-23-24-26(12)14-2-3-15(16(19)11-14)18(27)25-8-4-13(5-9-25)10-17-20-6-7-21-17/h2-3,6-7,11,13H,4-5,8-10H2,1H3,(H,20,21). The molecule has 0 atom stereocenters. The number of carbonyl (C=O) groups excluding carboxylic acids is 1. The summed E-state index contributed by atoms with van der Waals surface area (Å²) in [5.74, 6) is 1.16. The Morgan fingerprint density at radius 1 is 1.33 bits per heavy atom. The zero-order valence-electron chi connectivity index (χ0n) is 15.0. The average molecular weight is 369 g/mol. The van der Waals surface area contributed by atoms with Crippen molar-refractivity contribution in [1.82, 2.24) is 35.1 Å². The molecule has 27 heavy (non-hydrogen) atoms. The van der Waals surface area contributed by atoms with E-state index in [2.05, 4.69) is 25.5 Å². The molecule has 1 saturated heterocycles. The topological polar surface area (TPSA) is 92.6 Å². The lowest BCUT2D eigenvalue weighted by atomic mass is 9.93. The summed E-state index contributed by atoms with van der Waals surface area (Å²) in [5, 5.41) is 11.2. The number of likely N-dealkylation sites (tertiary alicyclic amines) is 1. The molecule has 1 aromatic carbocycles. The number of aromatic nitrogens is 6. The second kappa shape index (κ2) is 7.26. The molecule has 1 N–H and O–H groups in total. The van der Waals surface area contributed by atoms with Crippen LogP contribution in [0, 0.1) is 18.7 Å². The van der Waals surface area contributed by atoms with Crippen molar-refractivity contribution in [2.24, 2.45) is 5.92 Å². The van der Waals surface area contributed by atoms with Crippen LogP contribution < -0.4 is 0 Å². The van der Waals surface area contributed by atoms with Gasteiger partial charge in [0.15, 0.2) is 5.82 Å². The number of nitrogens with zero attached hydrogens (tertiary/aromatic N) is 6. The van der Waals surface area contributed by atoms with Crippen LogP contribution in [0.5, 0.6) is 0 Å². The van der Waals surface area contributed by atoms with Crippen LogP contribution in [0.25, 0.3) is 5.69 Å².